The Hall–Kier alpha value is -1.82. The van der Waals surface area contributed by atoms with Crippen LogP contribution in [-0.4, -0.2) is 17.4 Å². The molecule has 210 valence electrons. The average molecular weight is 521 g/mol. The number of carbonyl (C=O) groups is 2. The van der Waals surface area contributed by atoms with Gasteiger partial charge in [-0.1, -0.05) is 95.3 Å². The van der Waals surface area contributed by atoms with Gasteiger partial charge in [-0.2, -0.15) is 0 Å². The van der Waals surface area contributed by atoms with Gasteiger partial charge in [0.15, 0.2) is 11.4 Å². The van der Waals surface area contributed by atoms with Gasteiger partial charge in [-0.15, -0.1) is 6.42 Å². The Labute approximate surface area is 232 Å². The van der Waals surface area contributed by atoms with Crippen LogP contribution in [0.25, 0.3) is 0 Å². The van der Waals surface area contributed by atoms with Crippen LogP contribution in [0.5, 0.6) is 0 Å². The van der Waals surface area contributed by atoms with Crippen molar-refractivity contribution in [1.82, 2.24) is 0 Å². The average Bonchev–Trinajstić information content (AvgIpc) is 3.23. The smallest absolute Gasteiger partial charge is 0.307 e. The number of hydrogen-bond acceptors (Lipinski definition) is 3. The molecule has 0 aromatic rings. The van der Waals surface area contributed by atoms with Crippen molar-refractivity contribution < 1.29 is 14.3 Å². The molecular weight excluding hydrogens is 468 g/mol. The Bertz CT molecular complexity index is 937. The number of rotatable bonds is 13. The molecule has 3 nitrogen and oxygen atoms in total. The fourth-order valence-electron chi connectivity index (χ4n) is 9.06. The molecule has 6 atom stereocenters. The van der Waals surface area contributed by atoms with E-state index in [1.807, 2.05) is 6.08 Å². The molecule has 0 heterocycles. The van der Waals surface area contributed by atoms with E-state index in [2.05, 4.69) is 26.3 Å². The summed E-state index contributed by atoms with van der Waals surface area (Å²) in [5.41, 5.74) is 1.62. The second-order valence-corrected chi connectivity index (χ2v) is 12.9. The van der Waals surface area contributed by atoms with Gasteiger partial charge in [-0.3, -0.25) is 9.59 Å². The lowest BCUT2D eigenvalue weighted by Gasteiger charge is -2.57. The highest BCUT2D eigenvalue weighted by atomic mass is 16.6. The van der Waals surface area contributed by atoms with Gasteiger partial charge in [0, 0.05) is 18.3 Å². The third-order valence-electron chi connectivity index (χ3n) is 10.9. The second-order valence-electron chi connectivity index (χ2n) is 12.9. The third kappa shape index (κ3) is 5.71. The van der Waals surface area contributed by atoms with Crippen molar-refractivity contribution in [2.75, 3.05) is 0 Å². The first-order valence-electron chi connectivity index (χ1n) is 16.0. The summed E-state index contributed by atoms with van der Waals surface area (Å²) < 4.78 is 6.37. The van der Waals surface area contributed by atoms with E-state index in [4.69, 9.17) is 11.2 Å². The molecule has 4 rings (SSSR count). The molecule has 4 aliphatic rings. The van der Waals surface area contributed by atoms with Gasteiger partial charge in [0.25, 0.3) is 0 Å². The molecule has 0 saturated heterocycles. The van der Waals surface area contributed by atoms with E-state index >= 15 is 0 Å². The van der Waals surface area contributed by atoms with E-state index in [1.54, 1.807) is 0 Å². The minimum atomic E-state index is -0.811. The highest BCUT2D eigenvalue weighted by Crippen LogP contribution is 2.68. The molecule has 0 spiro atoms. The van der Waals surface area contributed by atoms with Crippen LogP contribution in [0.3, 0.4) is 0 Å². The Kier molecular flexibility index (Phi) is 10.00. The van der Waals surface area contributed by atoms with Crippen LogP contribution >= 0.6 is 0 Å². The normalized spacial score (nSPS) is 34.1. The summed E-state index contributed by atoms with van der Waals surface area (Å²) in [5.74, 6) is 5.17. The number of allylic oxidation sites excluding steroid dienone is 2. The molecule has 0 amide bonds. The fourth-order valence-corrected chi connectivity index (χ4v) is 9.06. The molecular formula is C35H52O3. The zero-order valence-electron chi connectivity index (χ0n) is 24.3. The summed E-state index contributed by atoms with van der Waals surface area (Å²) >= 11 is 0. The molecule has 0 aromatic carbocycles. The van der Waals surface area contributed by atoms with Crippen LogP contribution in [0.4, 0.5) is 0 Å². The largest absolute Gasteiger partial charge is 0.445 e. The predicted octanol–water partition coefficient (Wildman–Crippen LogP) is 8.91. The minimum absolute atomic E-state index is 0.108. The number of esters is 1. The van der Waals surface area contributed by atoms with Crippen LogP contribution in [0.2, 0.25) is 0 Å². The molecule has 3 heteroatoms. The van der Waals surface area contributed by atoms with Crippen molar-refractivity contribution in [2.45, 2.75) is 141 Å². The summed E-state index contributed by atoms with van der Waals surface area (Å²) in [6, 6.07) is 0. The molecule has 38 heavy (non-hydrogen) atoms. The van der Waals surface area contributed by atoms with E-state index in [0.717, 1.165) is 57.8 Å². The maximum absolute atomic E-state index is 13.1. The minimum Gasteiger partial charge on any atom is -0.445 e. The molecule has 3 unspecified atom stereocenters. The second kappa shape index (κ2) is 13.0. The van der Waals surface area contributed by atoms with E-state index in [1.165, 1.54) is 62.5 Å². The maximum atomic E-state index is 13.1. The first-order chi connectivity index (χ1) is 18.4. The Morgan fingerprint density at radius 3 is 2.37 bits per heavy atom. The topological polar surface area (TPSA) is 43.4 Å². The fraction of sp³-hybridized carbons (Fsp3) is 0.771. The molecule has 0 bridgehead atoms. The summed E-state index contributed by atoms with van der Waals surface area (Å²) in [7, 11) is 0. The highest BCUT2D eigenvalue weighted by Gasteiger charge is 2.66. The zero-order chi connectivity index (χ0) is 27.2. The Balaban J connectivity index is 1.34. The molecule has 0 radical (unpaired) electrons. The predicted molar refractivity (Wildman–Crippen MR) is 155 cm³/mol. The maximum Gasteiger partial charge on any atom is 0.307 e. The van der Waals surface area contributed by atoms with E-state index in [9.17, 15) is 9.59 Å². The highest BCUT2D eigenvalue weighted by molar-refractivity contribution is 5.91. The van der Waals surface area contributed by atoms with Crippen LogP contribution < -0.4 is 0 Å². The number of terminal acetylenes is 1. The van der Waals surface area contributed by atoms with Gasteiger partial charge in [0.1, 0.15) is 0 Å². The Morgan fingerprint density at radius 2 is 1.71 bits per heavy atom. The summed E-state index contributed by atoms with van der Waals surface area (Å²) in [5, 5.41) is 0. The van der Waals surface area contributed by atoms with Crippen LogP contribution in [0, 0.1) is 41.4 Å². The monoisotopic (exact) mass is 520 g/mol. The van der Waals surface area contributed by atoms with Gasteiger partial charge in [-0.05, 0) is 81.1 Å². The molecule has 0 aromatic heterocycles. The summed E-state index contributed by atoms with van der Waals surface area (Å²) in [6.07, 6.45) is 28.5. The van der Waals surface area contributed by atoms with E-state index in [-0.39, 0.29) is 11.4 Å². The van der Waals surface area contributed by atoms with Gasteiger partial charge >= 0.3 is 5.97 Å². The molecule has 0 N–H and O–H groups in total. The summed E-state index contributed by atoms with van der Waals surface area (Å²) in [4.78, 5) is 25.2. The standard InChI is InChI=1S/C35H52O3/c1-5-8-9-10-11-12-13-14-15-16-17-32(37)38-35(7-3)23-22-31-30-20-18-27-24-28(36)19-21-29(27)33(30)26(4)25-34(31,35)6-2/h3,24,29-31,33H,4-6,8-23,25H2,1-2H3/t29-,30?,31?,33?,34-,35-/m0/s1. The van der Waals surface area contributed by atoms with Crippen molar-refractivity contribution >= 4 is 11.8 Å². The van der Waals surface area contributed by atoms with Crippen molar-refractivity contribution in [3.05, 3.63) is 23.8 Å². The number of carbonyl (C=O) groups excluding carboxylic acids is 2. The first-order valence-corrected chi connectivity index (χ1v) is 16.0. The lowest BCUT2D eigenvalue weighted by molar-refractivity contribution is -0.170. The van der Waals surface area contributed by atoms with E-state index < -0.39 is 5.60 Å². The zero-order valence-corrected chi connectivity index (χ0v) is 24.3. The number of ether oxygens (including phenoxy) is 1. The van der Waals surface area contributed by atoms with Gasteiger partial charge in [0.05, 0.1) is 0 Å². The van der Waals surface area contributed by atoms with Crippen LogP contribution in [-0.2, 0) is 14.3 Å². The van der Waals surface area contributed by atoms with Crippen molar-refractivity contribution in [3.8, 4) is 12.3 Å². The summed E-state index contributed by atoms with van der Waals surface area (Å²) in [6.45, 7) is 9.12. The number of unbranched alkanes of at least 4 members (excludes halogenated alkanes) is 9. The van der Waals surface area contributed by atoms with Crippen molar-refractivity contribution in [1.29, 1.82) is 0 Å². The molecule has 4 aliphatic carbocycles. The lowest BCUT2D eigenvalue weighted by Crippen LogP contribution is -2.55. The Morgan fingerprint density at radius 1 is 1.03 bits per heavy atom. The molecule has 3 fully saturated rings. The first kappa shape index (κ1) is 29.2. The number of ketones is 1. The molecule has 0 aliphatic heterocycles. The van der Waals surface area contributed by atoms with E-state index in [0.29, 0.717) is 42.3 Å². The van der Waals surface area contributed by atoms with Crippen molar-refractivity contribution in [3.63, 3.8) is 0 Å². The third-order valence-corrected chi connectivity index (χ3v) is 10.9. The van der Waals surface area contributed by atoms with Crippen LogP contribution in [0.1, 0.15) is 136 Å². The molecule has 3 saturated carbocycles. The van der Waals surface area contributed by atoms with Gasteiger partial charge in [0.2, 0.25) is 0 Å². The SMILES string of the molecule is C#C[C@]1(OC(=O)CCCCCCCCCCCC)CCC2C3CCC4=CC(=O)CC[C@@H]4C3C(=C)C[C@@]21CC. The number of hydrogen-bond donors (Lipinski definition) is 0. The van der Waals surface area contributed by atoms with Gasteiger partial charge in [-0.25, -0.2) is 0 Å². The van der Waals surface area contributed by atoms with Crippen molar-refractivity contribution in [2.24, 2.45) is 29.1 Å². The van der Waals surface area contributed by atoms with Crippen LogP contribution in [0.15, 0.2) is 23.8 Å². The quantitative estimate of drug-likeness (QED) is 0.105. The van der Waals surface area contributed by atoms with Gasteiger partial charge < -0.3 is 4.74 Å². The lowest BCUT2D eigenvalue weighted by atomic mass is 9.48. The number of fused-ring (bicyclic) bond motifs is 5.